The Labute approximate surface area is 76.8 Å². The summed E-state index contributed by atoms with van der Waals surface area (Å²) in [6, 6.07) is 0. The van der Waals surface area contributed by atoms with E-state index in [9.17, 15) is 0 Å². The van der Waals surface area contributed by atoms with Gasteiger partial charge < -0.3 is 0 Å². The standard InChI is InChI=1S/C6H2Cl2N2S/c7-5-6(8)10-4-2-11-1-3(4)9-5/h1-2H. The van der Waals surface area contributed by atoms with Crippen molar-refractivity contribution in [3.8, 4) is 0 Å². The zero-order chi connectivity index (χ0) is 7.84. The molecule has 11 heavy (non-hydrogen) atoms. The van der Waals surface area contributed by atoms with Crippen molar-refractivity contribution < 1.29 is 0 Å². The number of hydrogen-bond donors (Lipinski definition) is 0. The van der Waals surface area contributed by atoms with E-state index in [1.165, 1.54) is 11.3 Å². The zero-order valence-electron chi connectivity index (χ0n) is 5.21. The second-order valence-electron chi connectivity index (χ2n) is 1.95. The van der Waals surface area contributed by atoms with Gasteiger partial charge in [0, 0.05) is 10.8 Å². The highest BCUT2D eigenvalue weighted by Gasteiger charge is 2.03. The summed E-state index contributed by atoms with van der Waals surface area (Å²) in [4.78, 5) is 8.03. The van der Waals surface area contributed by atoms with Crippen LogP contribution in [0.5, 0.6) is 0 Å². The lowest BCUT2D eigenvalue weighted by atomic mass is 10.5. The van der Waals surface area contributed by atoms with Crippen molar-refractivity contribution in [2.75, 3.05) is 0 Å². The predicted molar refractivity (Wildman–Crippen MR) is 47.4 cm³/mol. The molecule has 2 aromatic heterocycles. The number of halogens is 2. The predicted octanol–water partition coefficient (Wildman–Crippen LogP) is 3.00. The third kappa shape index (κ3) is 1.20. The minimum atomic E-state index is 0.262. The van der Waals surface area contributed by atoms with Gasteiger partial charge in [-0.05, 0) is 0 Å². The molecule has 2 heterocycles. The van der Waals surface area contributed by atoms with Crippen LogP contribution in [0.1, 0.15) is 0 Å². The molecule has 0 saturated carbocycles. The molecule has 0 unspecified atom stereocenters. The van der Waals surface area contributed by atoms with Crippen LogP contribution in [0.4, 0.5) is 0 Å². The Balaban J connectivity index is 2.86. The highest BCUT2D eigenvalue weighted by Crippen LogP contribution is 2.22. The second kappa shape index (κ2) is 2.59. The summed E-state index contributed by atoms with van der Waals surface area (Å²) in [6.45, 7) is 0. The Hall–Kier alpha value is -0.380. The molecule has 0 N–H and O–H groups in total. The molecule has 2 nitrogen and oxygen atoms in total. The lowest BCUT2D eigenvalue weighted by Crippen LogP contribution is -1.81. The molecule has 0 radical (unpaired) electrons. The third-order valence-corrected chi connectivity index (χ3v) is 2.57. The molecule has 0 fully saturated rings. The molecule has 0 atom stereocenters. The first-order valence-corrected chi connectivity index (χ1v) is 4.52. The maximum absolute atomic E-state index is 5.64. The van der Waals surface area contributed by atoms with E-state index in [1.807, 2.05) is 10.8 Å². The Kier molecular flexibility index (Phi) is 1.71. The van der Waals surface area contributed by atoms with Crippen molar-refractivity contribution in [1.29, 1.82) is 0 Å². The summed E-state index contributed by atoms with van der Waals surface area (Å²) >= 11 is 12.8. The van der Waals surface area contributed by atoms with Crippen LogP contribution in [0.2, 0.25) is 10.3 Å². The van der Waals surface area contributed by atoms with Gasteiger partial charge in [0.05, 0.1) is 0 Å². The number of rotatable bonds is 0. The number of aromatic nitrogens is 2. The van der Waals surface area contributed by atoms with Crippen LogP contribution in [-0.2, 0) is 0 Å². The van der Waals surface area contributed by atoms with E-state index >= 15 is 0 Å². The zero-order valence-corrected chi connectivity index (χ0v) is 7.54. The van der Waals surface area contributed by atoms with Gasteiger partial charge in [-0.1, -0.05) is 23.2 Å². The number of thiophene rings is 1. The molecule has 0 bridgehead atoms. The molecule has 0 spiro atoms. The lowest BCUT2D eigenvalue weighted by Gasteiger charge is -1.92. The van der Waals surface area contributed by atoms with Crippen LogP contribution in [0.25, 0.3) is 11.0 Å². The van der Waals surface area contributed by atoms with Gasteiger partial charge in [0.2, 0.25) is 0 Å². The van der Waals surface area contributed by atoms with Crippen molar-refractivity contribution in [3.05, 3.63) is 21.1 Å². The van der Waals surface area contributed by atoms with Crippen LogP contribution >= 0.6 is 34.5 Å². The summed E-state index contributed by atoms with van der Waals surface area (Å²) in [5.74, 6) is 0. The van der Waals surface area contributed by atoms with Gasteiger partial charge in [-0.25, -0.2) is 9.97 Å². The van der Waals surface area contributed by atoms with E-state index in [1.54, 1.807) is 0 Å². The average molecular weight is 205 g/mol. The molecule has 0 aliphatic carbocycles. The SMILES string of the molecule is Clc1nc2cscc2nc1Cl. The van der Waals surface area contributed by atoms with Gasteiger partial charge in [0.1, 0.15) is 11.0 Å². The first-order chi connectivity index (χ1) is 5.27. The van der Waals surface area contributed by atoms with Crippen molar-refractivity contribution in [3.63, 3.8) is 0 Å². The molecule has 2 aromatic rings. The largest absolute Gasteiger partial charge is 0.230 e. The summed E-state index contributed by atoms with van der Waals surface area (Å²) in [5, 5.41) is 4.28. The monoisotopic (exact) mass is 204 g/mol. The summed E-state index contributed by atoms with van der Waals surface area (Å²) in [7, 11) is 0. The summed E-state index contributed by atoms with van der Waals surface area (Å²) < 4.78 is 0. The van der Waals surface area contributed by atoms with Gasteiger partial charge in [-0.15, -0.1) is 11.3 Å². The Morgan fingerprint density at radius 1 is 1.00 bits per heavy atom. The van der Waals surface area contributed by atoms with E-state index in [4.69, 9.17) is 23.2 Å². The fraction of sp³-hybridized carbons (Fsp3) is 0. The van der Waals surface area contributed by atoms with Gasteiger partial charge in [0.25, 0.3) is 0 Å². The van der Waals surface area contributed by atoms with Crippen molar-refractivity contribution in [1.82, 2.24) is 9.97 Å². The molecule has 0 amide bonds. The van der Waals surface area contributed by atoms with Crippen molar-refractivity contribution in [2.45, 2.75) is 0 Å². The Bertz CT molecular complexity index is 362. The Morgan fingerprint density at radius 2 is 1.45 bits per heavy atom. The Morgan fingerprint density at radius 3 is 1.91 bits per heavy atom. The molecule has 2 rings (SSSR count). The van der Waals surface area contributed by atoms with E-state index in [-0.39, 0.29) is 10.3 Å². The topological polar surface area (TPSA) is 25.8 Å². The molecular formula is C6H2Cl2N2S. The van der Waals surface area contributed by atoms with Crippen molar-refractivity contribution in [2.24, 2.45) is 0 Å². The number of hydrogen-bond acceptors (Lipinski definition) is 3. The van der Waals surface area contributed by atoms with Crippen LogP contribution in [0, 0.1) is 0 Å². The number of fused-ring (bicyclic) bond motifs is 1. The van der Waals surface area contributed by atoms with Crippen LogP contribution in [-0.4, -0.2) is 9.97 Å². The fourth-order valence-electron chi connectivity index (χ4n) is 0.755. The van der Waals surface area contributed by atoms with Crippen LogP contribution in [0.15, 0.2) is 10.8 Å². The minimum absolute atomic E-state index is 0.262. The normalized spacial score (nSPS) is 10.7. The second-order valence-corrected chi connectivity index (χ2v) is 3.41. The van der Waals surface area contributed by atoms with E-state index in [0.717, 1.165) is 11.0 Å². The van der Waals surface area contributed by atoms with Gasteiger partial charge in [0.15, 0.2) is 10.3 Å². The highest BCUT2D eigenvalue weighted by atomic mass is 35.5. The minimum Gasteiger partial charge on any atom is -0.230 e. The number of nitrogens with zero attached hydrogens (tertiary/aromatic N) is 2. The summed E-state index contributed by atoms with van der Waals surface area (Å²) in [6.07, 6.45) is 0. The van der Waals surface area contributed by atoms with Gasteiger partial charge in [-0.2, -0.15) is 0 Å². The molecule has 5 heteroatoms. The highest BCUT2D eigenvalue weighted by molar-refractivity contribution is 7.09. The smallest absolute Gasteiger partial charge is 0.167 e. The molecular weight excluding hydrogens is 203 g/mol. The average Bonchev–Trinajstić information content (AvgIpc) is 2.36. The fourth-order valence-corrected chi connectivity index (χ4v) is 1.69. The van der Waals surface area contributed by atoms with Crippen molar-refractivity contribution >= 4 is 45.6 Å². The van der Waals surface area contributed by atoms with E-state index in [0.29, 0.717) is 0 Å². The van der Waals surface area contributed by atoms with Gasteiger partial charge in [-0.3, -0.25) is 0 Å². The molecule has 0 aliphatic rings. The van der Waals surface area contributed by atoms with Crippen LogP contribution in [0.3, 0.4) is 0 Å². The lowest BCUT2D eigenvalue weighted by molar-refractivity contribution is 1.31. The quantitative estimate of drug-likeness (QED) is 0.660. The third-order valence-electron chi connectivity index (χ3n) is 1.23. The van der Waals surface area contributed by atoms with E-state index < -0.39 is 0 Å². The summed E-state index contributed by atoms with van der Waals surface area (Å²) in [5.41, 5.74) is 1.59. The van der Waals surface area contributed by atoms with E-state index in [2.05, 4.69) is 9.97 Å². The first kappa shape index (κ1) is 7.28. The molecule has 0 aliphatic heterocycles. The molecule has 0 aromatic carbocycles. The molecule has 56 valence electrons. The maximum Gasteiger partial charge on any atom is 0.167 e. The van der Waals surface area contributed by atoms with Crippen LogP contribution < -0.4 is 0 Å². The molecule has 0 saturated heterocycles. The first-order valence-electron chi connectivity index (χ1n) is 2.82. The maximum atomic E-state index is 5.64. The van der Waals surface area contributed by atoms with Gasteiger partial charge >= 0.3 is 0 Å².